The molecule has 0 radical (unpaired) electrons. The summed E-state index contributed by atoms with van der Waals surface area (Å²) in [7, 11) is 0. The molecule has 5 aromatic carbocycles. The van der Waals surface area contributed by atoms with Gasteiger partial charge in [0.15, 0.2) is 11.6 Å². The van der Waals surface area contributed by atoms with E-state index in [4.69, 9.17) is 46.4 Å². The van der Waals surface area contributed by atoms with E-state index in [2.05, 4.69) is 41.7 Å². The summed E-state index contributed by atoms with van der Waals surface area (Å²) in [6.45, 7) is 2.33. The van der Waals surface area contributed by atoms with Crippen molar-refractivity contribution in [2.24, 2.45) is 20.5 Å². The number of Topliss-reactive ketones (excluding diaryl/α,β-unsaturated/α-hetero) is 2. The molecular weight excluding hydrogens is 854 g/mol. The average Bonchev–Trinajstić information content (AvgIpc) is 3.23. The molecule has 0 bridgehead atoms. The molecule has 0 aliphatic carbocycles. The van der Waals surface area contributed by atoms with Gasteiger partial charge in [-0.2, -0.15) is 20.5 Å². The van der Waals surface area contributed by atoms with Gasteiger partial charge in [0.05, 0.1) is 21.2 Å². The smallest absolute Gasteiger partial charge is 0.258 e. The highest BCUT2D eigenvalue weighted by Crippen LogP contribution is 2.31. The van der Waals surface area contributed by atoms with Gasteiger partial charge < -0.3 is 21.3 Å². The molecule has 0 aromatic heterocycles. The molecule has 0 saturated heterocycles. The summed E-state index contributed by atoms with van der Waals surface area (Å²) in [5, 5.41) is 26.4. The predicted molar refractivity (Wildman–Crippen MR) is 232 cm³/mol. The quantitative estimate of drug-likeness (QED) is 0.0431. The Morgan fingerprint density at radius 1 is 0.483 bits per heavy atom. The molecule has 4 amide bonds. The zero-order valence-electron chi connectivity index (χ0n) is 31.7. The summed E-state index contributed by atoms with van der Waals surface area (Å²) in [6, 6.07) is 25.4. The minimum Gasteiger partial charge on any atom is -0.324 e. The molecule has 0 aliphatic rings. The minimum atomic E-state index is -1.57. The summed E-state index contributed by atoms with van der Waals surface area (Å²) in [5.41, 5.74) is 3.54. The molecule has 2 atom stereocenters. The fraction of sp³-hybridized carbons (Fsp3) is 0.143. The molecule has 306 valence electrons. The summed E-state index contributed by atoms with van der Waals surface area (Å²) in [6.07, 6.45) is 0. The number of halogens is 4. The molecule has 0 saturated carbocycles. The van der Waals surface area contributed by atoms with Crippen molar-refractivity contribution in [2.75, 3.05) is 21.3 Å². The van der Waals surface area contributed by atoms with Crippen LogP contribution in [0.3, 0.4) is 0 Å². The van der Waals surface area contributed by atoms with E-state index < -0.39 is 47.3 Å². The van der Waals surface area contributed by atoms with Crippen LogP contribution in [-0.4, -0.2) is 47.3 Å². The normalized spacial score (nSPS) is 12.1. The molecular formula is C42H34Cl4N8O6. The fourth-order valence-electron chi connectivity index (χ4n) is 5.23. The molecule has 0 heterocycles. The second kappa shape index (κ2) is 21.1. The predicted octanol–water partition coefficient (Wildman–Crippen LogP) is 10.3. The van der Waals surface area contributed by atoms with Crippen LogP contribution in [0.2, 0.25) is 10.0 Å². The molecule has 18 heteroatoms. The Kier molecular flexibility index (Phi) is 15.7. The van der Waals surface area contributed by atoms with Crippen LogP contribution in [0.15, 0.2) is 130 Å². The number of alkyl halides is 2. The first kappa shape index (κ1) is 44.8. The van der Waals surface area contributed by atoms with E-state index in [1.807, 2.05) is 0 Å². The van der Waals surface area contributed by atoms with Crippen LogP contribution in [0.5, 0.6) is 0 Å². The van der Waals surface area contributed by atoms with Crippen LogP contribution in [0.4, 0.5) is 34.1 Å². The second-order valence-electron chi connectivity index (χ2n) is 12.9. The number of nitrogens with zero attached hydrogens (tertiary/aromatic N) is 4. The largest absolute Gasteiger partial charge is 0.324 e. The van der Waals surface area contributed by atoms with Gasteiger partial charge in [-0.3, -0.25) is 28.8 Å². The van der Waals surface area contributed by atoms with E-state index in [0.29, 0.717) is 23.1 Å². The first-order chi connectivity index (χ1) is 28.8. The van der Waals surface area contributed by atoms with Crippen LogP contribution < -0.4 is 21.3 Å². The fourth-order valence-corrected chi connectivity index (χ4v) is 6.09. The first-order valence-corrected chi connectivity index (χ1v) is 19.6. The summed E-state index contributed by atoms with van der Waals surface area (Å²) < 4.78 is 0. The number of hydrogen-bond donors (Lipinski definition) is 4. The Bertz CT molecular complexity index is 2310. The average molecular weight is 889 g/mol. The van der Waals surface area contributed by atoms with Crippen molar-refractivity contribution in [3.05, 3.63) is 141 Å². The highest BCUT2D eigenvalue weighted by atomic mass is 35.5. The second-order valence-corrected chi connectivity index (χ2v) is 14.2. The Morgan fingerprint density at radius 2 is 0.800 bits per heavy atom. The Hall–Kier alpha value is -6.32. The van der Waals surface area contributed by atoms with Crippen LogP contribution in [-0.2, 0) is 30.9 Å². The lowest BCUT2D eigenvalue weighted by molar-refractivity contribution is -0.127. The number of nitrogens with one attached hydrogen (secondary N) is 4. The third kappa shape index (κ3) is 11.9. The number of hydrogen-bond acceptors (Lipinski definition) is 10. The number of azo groups is 2. The maximum Gasteiger partial charge on any atom is 0.258 e. The zero-order chi connectivity index (χ0) is 43.3. The summed E-state index contributed by atoms with van der Waals surface area (Å²) in [4.78, 5) is 77.1. The monoisotopic (exact) mass is 886 g/mol. The van der Waals surface area contributed by atoms with Crippen molar-refractivity contribution < 1.29 is 28.8 Å². The number of anilines is 4. The first-order valence-electron chi connectivity index (χ1n) is 17.8. The number of amides is 4. The van der Waals surface area contributed by atoms with E-state index >= 15 is 0 Å². The summed E-state index contributed by atoms with van der Waals surface area (Å²) >= 11 is 24.6. The maximum absolute atomic E-state index is 13.1. The van der Waals surface area contributed by atoms with Gasteiger partial charge in [0.2, 0.25) is 12.1 Å². The van der Waals surface area contributed by atoms with Crippen molar-refractivity contribution in [3.8, 4) is 0 Å². The van der Waals surface area contributed by atoms with Gasteiger partial charge in [-0.05, 0) is 97.8 Å². The lowest BCUT2D eigenvalue weighted by Gasteiger charge is -2.12. The van der Waals surface area contributed by atoms with Gasteiger partial charge in [-0.15, -0.1) is 23.2 Å². The molecule has 5 aromatic rings. The zero-order valence-corrected chi connectivity index (χ0v) is 34.7. The SMILES string of the molecule is CC(=O)C(N=Nc1cccc(C(=O)Nc2ccc(CCl)cc2)c1Cl)C(=O)Nc1ccc(NC(=O)C(N=Nc2cccc(C(=O)Nc3ccc(CCl)cc3)c2Cl)C(C)=O)cc1. The molecule has 4 N–H and O–H groups in total. The minimum absolute atomic E-state index is 0.0475. The standard InChI is InChI=1S/C42H34Cl4N8O6/c1-23(55)37(53-51-33-7-3-5-31(35(33)45)39(57)47-27-13-9-25(21-43)10-14-27)41(59)49-29-17-19-30(20-18-29)50-42(60)38(24(2)56)54-52-34-8-4-6-32(36(34)46)40(58)48-28-15-11-26(22-44)12-16-28/h3-20,37-38H,21-22H2,1-2H3,(H,47,57)(H,48,58)(H,49,59)(H,50,60). The molecule has 0 spiro atoms. The van der Waals surface area contributed by atoms with Crippen molar-refractivity contribution in [3.63, 3.8) is 0 Å². The number of benzene rings is 5. The van der Waals surface area contributed by atoms with Gasteiger partial charge in [0.25, 0.3) is 23.6 Å². The van der Waals surface area contributed by atoms with Crippen molar-refractivity contribution in [1.29, 1.82) is 0 Å². The highest BCUT2D eigenvalue weighted by molar-refractivity contribution is 6.37. The third-order valence-corrected chi connectivity index (χ3v) is 9.84. The number of ketones is 2. The van der Waals surface area contributed by atoms with E-state index in [0.717, 1.165) is 25.0 Å². The number of carbonyl (C=O) groups excluding carboxylic acids is 6. The molecule has 0 aliphatic heterocycles. The third-order valence-electron chi connectivity index (χ3n) is 8.43. The van der Waals surface area contributed by atoms with E-state index in [1.54, 1.807) is 48.5 Å². The van der Waals surface area contributed by atoms with E-state index in [1.165, 1.54) is 60.7 Å². The highest BCUT2D eigenvalue weighted by Gasteiger charge is 2.26. The van der Waals surface area contributed by atoms with Gasteiger partial charge in [0, 0.05) is 34.5 Å². The Morgan fingerprint density at radius 3 is 1.12 bits per heavy atom. The van der Waals surface area contributed by atoms with Crippen LogP contribution in [0.1, 0.15) is 45.7 Å². The maximum atomic E-state index is 13.1. The molecule has 0 fully saturated rings. The lowest BCUT2D eigenvalue weighted by atomic mass is 10.1. The molecule has 2 unspecified atom stereocenters. The molecule has 14 nitrogen and oxygen atoms in total. The van der Waals surface area contributed by atoms with E-state index in [9.17, 15) is 28.8 Å². The van der Waals surface area contributed by atoms with Gasteiger partial charge in [-0.25, -0.2) is 0 Å². The van der Waals surface area contributed by atoms with Crippen molar-refractivity contribution >= 4 is 116 Å². The van der Waals surface area contributed by atoms with Gasteiger partial charge in [-0.1, -0.05) is 59.6 Å². The topological polar surface area (TPSA) is 200 Å². The van der Waals surface area contributed by atoms with Gasteiger partial charge >= 0.3 is 0 Å². The van der Waals surface area contributed by atoms with Crippen LogP contribution in [0.25, 0.3) is 0 Å². The van der Waals surface area contributed by atoms with Crippen LogP contribution in [0, 0.1) is 0 Å². The number of carbonyl (C=O) groups is 6. The summed E-state index contributed by atoms with van der Waals surface area (Å²) in [5.74, 6) is -3.26. The number of rotatable bonds is 16. The van der Waals surface area contributed by atoms with Crippen LogP contribution >= 0.6 is 46.4 Å². The molecule has 5 rings (SSSR count). The van der Waals surface area contributed by atoms with E-state index in [-0.39, 0.29) is 43.9 Å². The Labute approximate surface area is 363 Å². The lowest BCUT2D eigenvalue weighted by Crippen LogP contribution is -2.32. The van der Waals surface area contributed by atoms with Crippen molar-refractivity contribution in [1.82, 2.24) is 0 Å². The van der Waals surface area contributed by atoms with Crippen molar-refractivity contribution in [2.45, 2.75) is 37.7 Å². The molecule has 60 heavy (non-hydrogen) atoms. The Balaban J connectivity index is 1.20. The van der Waals surface area contributed by atoms with Gasteiger partial charge in [0.1, 0.15) is 11.4 Å².